The Bertz CT molecular complexity index is 1210. The molecular formula is C26H18F2N2O4Se2. The minimum absolute atomic E-state index is 0.219. The maximum atomic E-state index is 12.9. The van der Waals surface area contributed by atoms with Crippen LogP contribution in [0.2, 0.25) is 0 Å². The van der Waals surface area contributed by atoms with E-state index in [-0.39, 0.29) is 37.8 Å². The van der Waals surface area contributed by atoms with Crippen LogP contribution in [-0.4, -0.2) is 38.4 Å². The van der Waals surface area contributed by atoms with Crippen molar-refractivity contribution in [3.63, 3.8) is 0 Å². The Morgan fingerprint density at radius 1 is 0.528 bits per heavy atom. The van der Waals surface area contributed by atoms with E-state index in [0.717, 1.165) is 0 Å². The van der Waals surface area contributed by atoms with E-state index in [1.54, 1.807) is 24.3 Å². The molecule has 4 rings (SSSR count). The number of benzene rings is 4. The van der Waals surface area contributed by atoms with Gasteiger partial charge in [0.1, 0.15) is 0 Å². The number of halogens is 2. The molecule has 0 saturated heterocycles. The second-order valence-electron chi connectivity index (χ2n) is 7.15. The van der Waals surface area contributed by atoms with Crippen molar-refractivity contribution >= 4 is 58.7 Å². The number of hydrogen-bond donors (Lipinski definition) is 2. The van der Waals surface area contributed by atoms with E-state index >= 15 is 0 Å². The molecular weight excluding hydrogens is 600 g/mol. The number of hydrogen-bond acceptors (Lipinski definition) is 4. The summed E-state index contributed by atoms with van der Waals surface area (Å²) in [6.07, 6.45) is -1.31. The van der Waals surface area contributed by atoms with Gasteiger partial charge in [0.25, 0.3) is 0 Å². The summed E-state index contributed by atoms with van der Waals surface area (Å²) in [5, 5.41) is 5.28. The van der Waals surface area contributed by atoms with Gasteiger partial charge in [-0.1, -0.05) is 0 Å². The molecule has 4 aromatic rings. The van der Waals surface area contributed by atoms with Gasteiger partial charge in [-0.2, -0.15) is 0 Å². The van der Waals surface area contributed by atoms with Crippen molar-refractivity contribution in [1.29, 1.82) is 0 Å². The summed E-state index contributed by atoms with van der Waals surface area (Å²) < 4.78 is 38.5. The molecule has 0 saturated carbocycles. The normalized spacial score (nSPS) is 10.4. The number of carbonyl (C=O) groups is 2. The third-order valence-electron chi connectivity index (χ3n) is 4.48. The van der Waals surface area contributed by atoms with Crippen LogP contribution in [0.1, 0.15) is 0 Å². The first-order valence-corrected chi connectivity index (χ1v) is 16.5. The van der Waals surface area contributed by atoms with E-state index in [2.05, 4.69) is 10.6 Å². The molecule has 4 aromatic carbocycles. The Kier molecular flexibility index (Phi) is 8.70. The Morgan fingerprint density at radius 2 is 0.861 bits per heavy atom. The summed E-state index contributed by atoms with van der Waals surface area (Å²) in [4.78, 5) is 24.0. The predicted octanol–water partition coefficient (Wildman–Crippen LogP) is 4.46. The molecule has 2 N–H and O–H groups in total. The van der Waals surface area contributed by atoms with Crippen molar-refractivity contribution in [2.24, 2.45) is 0 Å². The van der Waals surface area contributed by atoms with Crippen molar-refractivity contribution < 1.29 is 27.8 Å². The van der Waals surface area contributed by atoms with Gasteiger partial charge in [0.05, 0.1) is 0 Å². The molecule has 0 aromatic heterocycles. The van der Waals surface area contributed by atoms with E-state index < -0.39 is 23.8 Å². The predicted molar refractivity (Wildman–Crippen MR) is 136 cm³/mol. The van der Waals surface area contributed by atoms with Gasteiger partial charge in [0.2, 0.25) is 0 Å². The molecule has 0 radical (unpaired) electrons. The molecule has 0 heterocycles. The summed E-state index contributed by atoms with van der Waals surface area (Å²) >= 11 is 0.438. The summed E-state index contributed by atoms with van der Waals surface area (Å²) in [6, 6.07) is 25.4. The molecule has 182 valence electrons. The first-order valence-electron chi connectivity index (χ1n) is 10.5. The average molecular weight is 618 g/mol. The molecule has 0 fully saturated rings. The van der Waals surface area contributed by atoms with E-state index in [9.17, 15) is 18.4 Å². The van der Waals surface area contributed by atoms with Crippen molar-refractivity contribution in [2.75, 3.05) is 10.6 Å². The van der Waals surface area contributed by atoms with Gasteiger partial charge >= 0.3 is 217 Å². The SMILES string of the molecule is O=C(Nc1ccc([Se][Se]c2ccc(NC(=O)Oc3ccc(F)cc3)cc2)cc1)Oc1ccc(F)cc1. The Labute approximate surface area is 216 Å². The van der Waals surface area contributed by atoms with Gasteiger partial charge in [-0.3, -0.25) is 0 Å². The second kappa shape index (κ2) is 12.3. The van der Waals surface area contributed by atoms with E-state index in [4.69, 9.17) is 9.47 Å². The van der Waals surface area contributed by atoms with Crippen LogP contribution in [-0.2, 0) is 0 Å². The van der Waals surface area contributed by atoms with Crippen molar-refractivity contribution in [3.8, 4) is 11.5 Å². The third kappa shape index (κ3) is 7.93. The molecule has 10 heteroatoms. The molecule has 0 atom stereocenters. The van der Waals surface area contributed by atoms with Gasteiger partial charge in [0.15, 0.2) is 0 Å². The molecule has 0 aliphatic heterocycles. The summed E-state index contributed by atoms with van der Waals surface area (Å²) in [7, 11) is 0. The molecule has 0 aliphatic carbocycles. The number of carbonyl (C=O) groups excluding carboxylic acids is 2. The number of amides is 2. The van der Waals surface area contributed by atoms with Gasteiger partial charge in [-0.05, 0) is 0 Å². The Hall–Kier alpha value is -3.68. The fraction of sp³-hybridized carbons (Fsp3) is 0. The number of nitrogens with one attached hydrogen (secondary N) is 2. The number of ether oxygens (including phenoxy) is 2. The first-order chi connectivity index (χ1) is 17.4. The summed E-state index contributed by atoms with van der Waals surface area (Å²) in [5.74, 6) is -0.305. The van der Waals surface area contributed by atoms with Gasteiger partial charge < -0.3 is 0 Å². The molecule has 0 aliphatic rings. The van der Waals surface area contributed by atoms with Crippen molar-refractivity contribution in [1.82, 2.24) is 0 Å². The molecule has 0 unspecified atom stereocenters. The van der Waals surface area contributed by atoms with Gasteiger partial charge in [-0.15, -0.1) is 0 Å². The Morgan fingerprint density at radius 3 is 1.19 bits per heavy atom. The van der Waals surface area contributed by atoms with E-state index in [0.29, 0.717) is 11.4 Å². The van der Waals surface area contributed by atoms with Crippen LogP contribution in [0.4, 0.5) is 29.7 Å². The number of anilines is 2. The van der Waals surface area contributed by atoms with Crippen LogP contribution in [0, 0.1) is 11.6 Å². The second-order valence-corrected chi connectivity index (χ2v) is 13.5. The zero-order valence-electron chi connectivity index (χ0n) is 18.4. The van der Waals surface area contributed by atoms with E-state index in [1.807, 2.05) is 24.3 Å². The monoisotopic (exact) mass is 620 g/mol. The zero-order chi connectivity index (χ0) is 25.3. The number of rotatable bonds is 7. The Balaban J connectivity index is 1.22. The maximum absolute atomic E-state index is 12.9. The average Bonchev–Trinajstić information content (AvgIpc) is 2.87. The zero-order valence-corrected chi connectivity index (χ0v) is 21.9. The van der Waals surface area contributed by atoms with Crippen LogP contribution >= 0.6 is 0 Å². The standard InChI is InChI=1S/C26H18F2N2O4Se2/c27-17-1-9-21(10-2-17)33-25(31)29-19-5-13-23(14-6-19)35-36-24-15-7-20(8-16-24)30-26(32)34-22-11-3-18(28)4-12-22/h1-16H,(H,29,31)(H,30,32). The van der Waals surface area contributed by atoms with Gasteiger partial charge in [-0.25, -0.2) is 0 Å². The van der Waals surface area contributed by atoms with Crippen LogP contribution in [0.3, 0.4) is 0 Å². The summed E-state index contributed by atoms with van der Waals surface area (Å²) in [5.41, 5.74) is 1.19. The molecule has 0 spiro atoms. The fourth-order valence-electron chi connectivity index (χ4n) is 2.79. The van der Waals surface area contributed by atoms with Crippen molar-refractivity contribution in [2.45, 2.75) is 0 Å². The minimum atomic E-state index is -0.653. The molecule has 0 bridgehead atoms. The molecule has 2 amide bonds. The van der Waals surface area contributed by atoms with Crippen LogP contribution in [0.25, 0.3) is 0 Å². The third-order valence-corrected chi connectivity index (χ3v) is 11.7. The molecule has 36 heavy (non-hydrogen) atoms. The van der Waals surface area contributed by atoms with Crippen LogP contribution in [0.15, 0.2) is 97.1 Å². The van der Waals surface area contributed by atoms with Crippen molar-refractivity contribution in [3.05, 3.63) is 109 Å². The first kappa shape index (κ1) is 25.4. The quantitative estimate of drug-likeness (QED) is 0.300. The van der Waals surface area contributed by atoms with Crippen LogP contribution < -0.4 is 29.0 Å². The summed E-state index contributed by atoms with van der Waals surface area (Å²) in [6.45, 7) is 0. The topological polar surface area (TPSA) is 76.7 Å². The van der Waals surface area contributed by atoms with Crippen LogP contribution in [0.5, 0.6) is 11.5 Å². The van der Waals surface area contributed by atoms with Gasteiger partial charge in [0, 0.05) is 0 Å². The fourth-order valence-corrected chi connectivity index (χ4v) is 8.75. The van der Waals surface area contributed by atoms with E-state index in [1.165, 1.54) is 57.5 Å². The molecule has 6 nitrogen and oxygen atoms in total.